The average molecular weight is 486 g/mol. The van der Waals surface area contributed by atoms with Crippen molar-refractivity contribution in [3.8, 4) is 11.4 Å². The van der Waals surface area contributed by atoms with Gasteiger partial charge in [-0.05, 0) is 38.0 Å². The van der Waals surface area contributed by atoms with Gasteiger partial charge in [-0.25, -0.2) is 9.97 Å². The highest BCUT2D eigenvalue weighted by molar-refractivity contribution is 6.06. The number of allylic oxidation sites excluding steroid dienone is 1. The lowest BCUT2D eigenvalue weighted by Gasteiger charge is -2.37. The molecule has 0 spiro atoms. The van der Waals surface area contributed by atoms with Gasteiger partial charge in [-0.3, -0.25) is 14.6 Å². The average Bonchev–Trinajstić information content (AvgIpc) is 3.32. The summed E-state index contributed by atoms with van der Waals surface area (Å²) in [5.41, 5.74) is 3.27. The third-order valence-corrected chi connectivity index (χ3v) is 6.79. The number of anilines is 1. The summed E-state index contributed by atoms with van der Waals surface area (Å²) in [4.78, 5) is 46.8. The molecule has 5 rings (SSSR count). The van der Waals surface area contributed by atoms with Crippen LogP contribution in [-0.4, -0.2) is 61.5 Å². The van der Waals surface area contributed by atoms with Crippen molar-refractivity contribution in [2.24, 2.45) is 0 Å². The molecule has 0 radical (unpaired) electrons. The zero-order valence-corrected chi connectivity index (χ0v) is 20.5. The van der Waals surface area contributed by atoms with E-state index < -0.39 is 0 Å². The first-order valence-corrected chi connectivity index (χ1v) is 12.1. The van der Waals surface area contributed by atoms with Gasteiger partial charge in [0.25, 0.3) is 11.5 Å². The van der Waals surface area contributed by atoms with Gasteiger partial charge in [-0.1, -0.05) is 12.1 Å². The van der Waals surface area contributed by atoms with Crippen molar-refractivity contribution in [2.45, 2.75) is 32.4 Å². The fourth-order valence-corrected chi connectivity index (χ4v) is 4.86. The Hall–Kier alpha value is -4.27. The molecule has 1 aliphatic heterocycles. The molecule has 9 heteroatoms. The topological polar surface area (TPSA) is 100 Å². The number of piperidine rings is 1. The first-order valence-electron chi connectivity index (χ1n) is 12.1. The quantitative estimate of drug-likeness (QED) is 0.419. The maximum absolute atomic E-state index is 13.6. The summed E-state index contributed by atoms with van der Waals surface area (Å²) in [6, 6.07) is 9.66. The van der Waals surface area contributed by atoms with Gasteiger partial charge in [0.15, 0.2) is 0 Å². The van der Waals surface area contributed by atoms with Crippen LogP contribution in [0.25, 0.3) is 22.3 Å². The maximum atomic E-state index is 13.6. The molecular weight excluding hydrogens is 454 g/mol. The lowest BCUT2D eigenvalue weighted by atomic mass is 10.0. The van der Waals surface area contributed by atoms with Crippen molar-refractivity contribution in [1.82, 2.24) is 29.4 Å². The monoisotopic (exact) mass is 485 g/mol. The number of nitrogens with zero attached hydrogens (tertiary/aromatic N) is 6. The summed E-state index contributed by atoms with van der Waals surface area (Å²) in [5.74, 6) is 0.772. The number of carbonyl (C=O) groups excluding carboxylic acids is 1. The van der Waals surface area contributed by atoms with Gasteiger partial charge in [0.1, 0.15) is 17.7 Å². The molecule has 1 fully saturated rings. The minimum Gasteiger partial charge on any atom is -0.356 e. The van der Waals surface area contributed by atoms with Gasteiger partial charge >= 0.3 is 0 Å². The summed E-state index contributed by atoms with van der Waals surface area (Å²) in [5, 5.41) is 0.662. The molecule has 1 N–H and O–H groups in total. The van der Waals surface area contributed by atoms with E-state index in [9.17, 15) is 9.59 Å². The predicted molar refractivity (Wildman–Crippen MR) is 142 cm³/mol. The number of H-pyrrole nitrogens is 1. The van der Waals surface area contributed by atoms with Crippen LogP contribution in [0.4, 0.5) is 5.82 Å². The van der Waals surface area contributed by atoms with E-state index in [1.165, 1.54) is 4.57 Å². The third-order valence-electron chi connectivity index (χ3n) is 6.79. The maximum Gasteiger partial charge on any atom is 0.275 e. The number of nitrogens with one attached hydrogen (secondary N) is 1. The molecule has 4 aromatic rings. The fraction of sp³-hybridized carbons (Fsp3) is 0.296. The molecule has 0 bridgehead atoms. The largest absolute Gasteiger partial charge is 0.356 e. The molecule has 0 aliphatic carbocycles. The first kappa shape index (κ1) is 23.5. The number of rotatable bonds is 6. The van der Waals surface area contributed by atoms with Crippen molar-refractivity contribution in [1.29, 1.82) is 0 Å². The van der Waals surface area contributed by atoms with Crippen LogP contribution in [-0.2, 0) is 6.54 Å². The van der Waals surface area contributed by atoms with Crippen LogP contribution in [0.2, 0.25) is 0 Å². The van der Waals surface area contributed by atoms with E-state index in [0.717, 1.165) is 48.8 Å². The van der Waals surface area contributed by atoms with Crippen molar-refractivity contribution < 1.29 is 6.22 Å². The van der Waals surface area contributed by atoms with Crippen LogP contribution in [0.1, 0.15) is 30.3 Å². The predicted octanol–water partition coefficient (Wildman–Crippen LogP) is 3.66. The molecule has 0 aromatic carbocycles. The number of carbonyl (C=O) groups is 1. The highest BCUT2D eigenvalue weighted by Gasteiger charge is 2.28. The van der Waals surface area contributed by atoms with E-state index in [1.807, 2.05) is 49.2 Å². The number of fused-ring (bicyclic) bond motifs is 1. The molecule has 0 atom stereocenters. The molecule has 186 valence electrons. The number of hydrogen-bond acceptors (Lipinski definition) is 6. The minimum atomic E-state index is -0.152. The standard InChI is InChI=1S/C27H29N7O2.H2/c1-4-11-34-16-21(20-14-18(2)31-25(20)27(34)36)26(35)32(3)19-8-12-33(13-9-19)24-15-23(29-17-30-24)22-7-5-6-10-28-22;/h4-7,10,14-17,19,31H,1,8-9,11-13H2,2-3H3;1H. The van der Waals surface area contributed by atoms with Gasteiger partial charge in [0, 0.05) is 63.7 Å². The van der Waals surface area contributed by atoms with Gasteiger partial charge in [0.2, 0.25) is 0 Å². The fourth-order valence-electron chi connectivity index (χ4n) is 4.86. The Morgan fingerprint density at radius 2 is 2.03 bits per heavy atom. The summed E-state index contributed by atoms with van der Waals surface area (Å²) in [6.07, 6.45) is 8.27. The number of aryl methyl sites for hydroxylation is 1. The molecule has 4 aromatic heterocycles. The highest BCUT2D eigenvalue weighted by atomic mass is 16.2. The number of aromatic amines is 1. The van der Waals surface area contributed by atoms with Crippen molar-refractivity contribution >= 4 is 22.6 Å². The van der Waals surface area contributed by atoms with Crippen LogP contribution in [0.15, 0.2) is 66.5 Å². The molecule has 1 saturated heterocycles. The van der Waals surface area contributed by atoms with Crippen LogP contribution < -0.4 is 10.5 Å². The molecule has 9 nitrogen and oxygen atoms in total. The summed E-state index contributed by atoms with van der Waals surface area (Å²) in [6.45, 7) is 7.51. The summed E-state index contributed by atoms with van der Waals surface area (Å²) in [7, 11) is 1.85. The molecule has 5 heterocycles. The number of pyridine rings is 2. The molecule has 0 saturated carbocycles. The van der Waals surface area contributed by atoms with E-state index in [2.05, 4.69) is 31.4 Å². The Balaban J connectivity index is 0.00000320. The zero-order chi connectivity index (χ0) is 25.2. The SMILES string of the molecule is C=CCn1cc(C(=O)N(C)C2CCN(c3cc(-c4ccccn4)ncn3)CC2)c2cc(C)[nH]c2c1=O.[HH]. The van der Waals surface area contributed by atoms with Gasteiger partial charge < -0.3 is 19.4 Å². The Morgan fingerprint density at radius 3 is 2.75 bits per heavy atom. The lowest BCUT2D eigenvalue weighted by Crippen LogP contribution is -2.46. The summed E-state index contributed by atoms with van der Waals surface area (Å²) >= 11 is 0. The molecule has 1 amide bonds. The molecule has 1 aliphatic rings. The Kier molecular flexibility index (Phi) is 6.37. The minimum absolute atomic E-state index is 0. The van der Waals surface area contributed by atoms with E-state index in [-0.39, 0.29) is 18.9 Å². The van der Waals surface area contributed by atoms with E-state index >= 15 is 0 Å². The van der Waals surface area contributed by atoms with Crippen molar-refractivity contribution in [3.05, 3.63) is 83.3 Å². The Labute approximate surface area is 210 Å². The van der Waals surface area contributed by atoms with Gasteiger partial charge in [0.05, 0.1) is 17.0 Å². The van der Waals surface area contributed by atoms with Gasteiger partial charge in [-0.15, -0.1) is 6.58 Å². The van der Waals surface area contributed by atoms with Crippen LogP contribution >= 0.6 is 0 Å². The highest BCUT2D eigenvalue weighted by Crippen LogP contribution is 2.25. The molecule has 36 heavy (non-hydrogen) atoms. The molecular formula is C27H31N7O2. The van der Waals surface area contributed by atoms with Crippen LogP contribution in [0, 0.1) is 6.92 Å². The second kappa shape index (κ2) is 9.77. The number of aromatic nitrogens is 5. The third kappa shape index (κ3) is 4.39. The Bertz CT molecular complexity index is 1470. The summed E-state index contributed by atoms with van der Waals surface area (Å²) < 4.78 is 1.53. The smallest absolute Gasteiger partial charge is 0.275 e. The molecule has 0 unspecified atom stereocenters. The second-order valence-corrected chi connectivity index (χ2v) is 9.14. The van der Waals surface area contributed by atoms with E-state index in [0.29, 0.717) is 23.0 Å². The number of amides is 1. The van der Waals surface area contributed by atoms with Crippen molar-refractivity contribution in [2.75, 3.05) is 25.0 Å². The normalized spacial score (nSPS) is 14.2. The van der Waals surface area contributed by atoms with Crippen LogP contribution in [0.3, 0.4) is 0 Å². The Morgan fingerprint density at radius 1 is 1.22 bits per heavy atom. The van der Waals surface area contributed by atoms with Gasteiger partial charge in [-0.2, -0.15) is 0 Å². The van der Waals surface area contributed by atoms with E-state index in [1.54, 1.807) is 24.8 Å². The zero-order valence-electron chi connectivity index (χ0n) is 20.5. The first-order chi connectivity index (χ1) is 17.5. The van der Waals surface area contributed by atoms with Crippen molar-refractivity contribution in [3.63, 3.8) is 0 Å². The number of hydrogen-bond donors (Lipinski definition) is 1. The van der Waals surface area contributed by atoms with E-state index in [4.69, 9.17) is 0 Å². The lowest BCUT2D eigenvalue weighted by molar-refractivity contribution is 0.0710. The van der Waals surface area contributed by atoms with Crippen LogP contribution in [0.5, 0.6) is 0 Å². The second-order valence-electron chi connectivity index (χ2n) is 9.14.